The minimum atomic E-state index is -1.59. The summed E-state index contributed by atoms with van der Waals surface area (Å²) in [6.45, 7) is 1.17. The van der Waals surface area contributed by atoms with Crippen molar-refractivity contribution in [1.82, 2.24) is 0 Å². The molecule has 0 amide bonds. The van der Waals surface area contributed by atoms with Gasteiger partial charge in [0.25, 0.3) is 0 Å². The number of carboxylic acid groups (broad SMARTS) is 2. The summed E-state index contributed by atoms with van der Waals surface area (Å²) in [6.07, 6.45) is 0. The highest BCUT2D eigenvalue weighted by molar-refractivity contribution is 6.02. The van der Waals surface area contributed by atoms with Gasteiger partial charge in [-0.1, -0.05) is 6.92 Å². The molecular formula is C10H16O7. The molecule has 17 heavy (non-hydrogen) atoms. The van der Waals surface area contributed by atoms with E-state index in [-0.39, 0.29) is 13.2 Å². The van der Waals surface area contributed by atoms with E-state index in [0.29, 0.717) is 0 Å². The summed E-state index contributed by atoms with van der Waals surface area (Å²) < 4.78 is 9.54. The van der Waals surface area contributed by atoms with E-state index in [1.54, 1.807) is 0 Å². The van der Waals surface area contributed by atoms with Gasteiger partial charge in [0, 0.05) is 7.11 Å². The minimum Gasteiger partial charge on any atom is -0.481 e. The monoisotopic (exact) mass is 248 g/mol. The highest BCUT2D eigenvalue weighted by atomic mass is 16.5. The molecule has 7 heteroatoms. The first-order valence-corrected chi connectivity index (χ1v) is 4.96. The van der Waals surface area contributed by atoms with Crippen LogP contribution in [-0.4, -0.2) is 54.9 Å². The highest BCUT2D eigenvalue weighted by Crippen LogP contribution is 2.14. The van der Waals surface area contributed by atoms with Crippen molar-refractivity contribution in [3.63, 3.8) is 0 Å². The number of ketones is 1. The van der Waals surface area contributed by atoms with Gasteiger partial charge in [0.2, 0.25) is 0 Å². The molecular weight excluding hydrogens is 232 g/mol. The number of ether oxygens (including phenoxy) is 2. The number of carboxylic acids is 2. The van der Waals surface area contributed by atoms with E-state index in [4.69, 9.17) is 14.9 Å². The van der Waals surface area contributed by atoms with Crippen LogP contribution >= 0.6 is 0 Å². The van der Waals surface area contributed by atoms with Crippen LogP contribution in [0.4, 0.5) is 0 Å². The topological polar surface area (TPSA) is 110 Å². The van der Waals surface area contributed by atoms with Crippen LogP contribution in [0.2, 0.25) is 0 Å². The van der Waals surface area contributed by atoms with E-state index in [2.05, 4.69) is 4.74 Å². The van der Waals surface area contributed by atoms with Gasteiger partial charge in [-0.05, 0) is 0 Å². The average molecular weight is 248 g/mol. The summed E-state index contributed by atoms with van der Waals surface area (Å²) in [6, 6.07) is 0. The first-order chi connectivity index (χ1) is 7.91. The molecule has 0 aliphatic rings. The second-order valence-corrected chi connectivity index (χ2v) is 3.45. The van der Waals surface area contributed by atoms with Crippen molar-refractivity contribution in [2.45, 2.75) is 6.92 Å². The van der Waals surface area contributed by atoms with E-state index >= 15 is 0 Å². The molecule has 0 aromatic heterocycles. The molecule has 0 radical (unpaired) electrons. The minimum absolute atomic E-state index is 0.149. The summed E-state index contributed by atoms with van der Waals surface area (Å²) in [4.78, 5) is 32.9. The van der Waals surface area contributed by atoms with Crippen LogP contribution in [0.3, 0.4) is 0 Å². The van der Waals surface area contributed by atoms with Gasteiger partial charge in [-0.25, -0.2) is 0 Å². The van der Waals surface area contributed by atoms with E-state index in [1.165, 1.54) is 14.0 Å². The van der Waals surface area contributed by atoms with Crippen molar-refractivity contribution in [2.75, 3.05) is 26.9 Å². The second-order valence-electron chi connectivity index (χ2n) is 3.45. The summed E-state index contributed by atoms with van der Waals surface area (Å²) in [5, 5.41) is 17.5. The van der Waals surface area contributed by atoms with Crippen LogP contribution in [0, 0.1) is 11.8 Å². The van der Waals surface area contributed by atoms with Crippen LogP contribution in [0.1, 0.15) is 6.92 Å². The second kappa shape index (κ2) is 7.75. The molecule has 0 saturated carbocycles. The van der Waals surface area contributed by atoms with Crippen molar-refractivity contribution in [3.05, 3.63) is 0 Å². The van der Waals surface area contributed by atoms with E-state index < -0.39 is 36.2 Å². The van der Waals surface area contributed by atoms with Crippen LogP contribution in [-0.2, 0) is 23.9 Å². The SMILES string of the molecule is COCCOCC(=O)C(C(=O)O)C(C)C(=O)O. The van der Waals surface area contributed by atoms with Gasteiger partial charge in [-0.3, -0.25) is 14.4 Å². The lowest BCUT2D eigenvalue weighted by atomic mass is 9.90. The number of carbonyl (C=O) groups is 3. The normalized spacial score (nSPS) is 14.0. The number of carbonyl (C=O) groups excluding carboxylic acids is 1. The average Bonchev–Trinajstić information content (AvgIpc) is 2.23. The van der Waals surface area contributed by atoms with E-state index in [0.717, 1.165) is 0 Å². The molecule has 2 unspecified atom stereocenters. The number of methoxy groups -OCH3 is 1. The third kappa shape index (κ3) is 5.41. The van der Waals surface area contributed by atoms with Gasteiger partial charge >= 0.3 is 11.9 Å². The molecule has 0 aromatic carbocycles. The maximum Gasteiger partial charge on any atom is 0.315 e. The smallest absolute Gasteiger partial charge is 0.315 e. The van der Waals surface area contributed by atoms with Gasteiger partial charge in [0.15, 0.2) is 5.78 Å². The lowest BCUT2D eigenvalue weighted by Crippen LogP contribution is -2.36. The summed E-state index contributed by atoms with van der Waals surface area (Å²) in [5.41, 5.74) is 0. The zero-order chi connectivity index (χ0) is 13.4. The lowest BCUT2D eigenvalue weighted by Gasteiger charge is -2.15. The van der Waals surface area contributed by atoms with Gasteiger partial charge in [0.05, 0.1) is 19.1 Å². The zero-order valence-corrected chi connectivity index (χ0v) is 9.71. The van der Waals surface area contributed by atoms with Crippen molar-refractivity contribution in [1.29, 1.82) is 0 Å². The first-order valence-electron chi connectivity index (χ1n) is 4.96. The molecule has 0 aliphatic heterocycles. The molecule has 0 rings (SSSR count). The number of rotatable bonds is 9. The highest BCUT2D eigenvalue weighted by Gasteiger charge is 2.35. The molecule has 0 saturated heterocycles. The molecule has 2 atom stereocenters. The Morgan fingerprint density at radius 2 is 1.71 bits per heavy atom. The fourth-order valence-electron chi connectivity index (χ4n) is 1.18. The van der Waals surface area contributed by atoms with Crippen molar-refractivity contribution < 1.29 is 34.1 Å². The Labute approximate surface area is 98.3 Å². The first kappa shape index (κ1) is 15.5. The third-order valence-electron chi connectivity index (χ3n) is 2.18. The molecule has 0 fully saturated rings. The molecule has 0 heterocycles. The summed E-state index contributed by atoms with van der Waals surface area (Å²) >= 11 is 0. The Balaban J connectivity index is 4.36. The Morgan fingerprint density at radius 3 is 2.12 bits per heavy atom. The Hall–Kier alpha value is -1.47. The Kier molecular flexibility index (Phi) is 7.08. The van der Waals surface area contributed by atoms with Gasteiger partial charge in [-0.15, -0.1) is 0 Å². The summed E-state index contributed by atoms with van der Waals surface area (Å²) in [5.74, 6) is -6.42. The maximum absolute atomic E-state index is 11.5. The van der Waals surface area contributed by atoms with E-state index in [9.17, 15) is 14.4 Å². The van der Waals surface area contributed by atoms with Crippen LogP contribution < -0.4 is 0 Å². The van der Waals surface area contributed by atoms with Crippen molar-refractivity contribution in [2.24, 2.45) is 11.8 Å². The lowest BCUT2D eigenvalue weighted by molar-refractivity contribution is -0.158. The summed E-state index contributed by atoms with van der Waals surface area (Å²) in [7, 11) is 1.46. The van der Waals surface area contributed by atoms with Crippen molar-refractivity contribution >= 4 is 17.7 Å². The quantitative estimate of drug-likeness (QED) is 0.423. The predicted molar refractivity (Wildman–Crippen MR) is 55.6 cm³/mol. The third-order valence-corrected chi connectivity index (χ3v) is 2.18. The molecule has 7 nitrogen and oxygen atoms in total. The number of hydrogen-bond donors (Lipinski definition) is 2. The standard InChI is InChI=1S/C10H16O7/c1-6(9(12)13)8(10(14)15)7(11)5-17-4-3-16-2/h6,8H,3-5H2,1-2H3,(H,12,13)(H,14,15). The predicted octanol–water partition coefficient (Wildman–Crippen LogP) is -0.360. The van der Waals surface area contributed by atoms with Crippen LogP contribution in [0.15, 0.2) is 0 Å². The fourth-order valence-corrected chi connectivity index (χ4v) is 1.18. The largest absolute Gasteiger partial charge is 0.481 e. The van der Waals surface area contributed by atoms with E-state index in [1.807, 2.05) is 0 Å². The molecule has 0 bridgehead atoms. The van der Waals surface area contributed by atoms with Gasteiger partial charge in [0.1, 0.15) is 12.5 Å². The maximum atomic E-state index is 11.5. The number of aliphatic carboxylic acids is 2. The van der Waals surface area contributed by atoms with Crippen LogP contribution in [0.25, 0.3) is 0 Å². The molecule has 98 valence electrons. The number of Topliss-reactive ketones (excluding diaryl/α,β-unsaturated/α-hetero) is 1. The zero-order valence-electron chi connectivity index (χ0n) is 9.71. The molecule has 2 N–H and O–H groups in total. The molecule has 0 aromatic rings. The number of hydrogen-bond acceptors (Lipinski definition) is 5. The van der Waals surface area contributed by atoms with Crippen LogP contribution in [0.5, 0.6) is 0 Å². The van der Waals surface area contributed by atoms with Crippen molar-refractivity contribution in [3.8, 4) is 0 Å². The Bertz CT molecular complexity index is 286. The fraction of sp³-hybridized carbons (Fsp3) is 0.700. The molecule has 0 aliphatic carbocycles. The van der Waals surface area contributed by atoms with Gasteiger partial charge < -0.3 is 19.7 Å². The van der Waals surface area contributed by atoms with Gasteiger partial charge in [-0.2, -0.15) is 0 Å². The Morgan fingerprint density at radius 1 is 1.12 bits per heavy atom. The molecule has 0 spiro atoms.